The van der Waals surface area contributed by atoms with Crippen LogP contribution in [0.2, 0.25) is 5.02 Å². The van der Waals surface area contributed by atoms with Crippen molar-refractivity contribution in [3.63, 3.8) is 0 Å². The molecular weight excluding hydrogens is 202 g/mol. The van der Waals surface area contributed by atoms with Crippen molar-refractivity contribution in [2.24, 2.45) is 5.16 Å². The van der Waals surface area contributed by atoms with Crippen molar-refractivity contribution in [1.82, 2.24) is 0 Å². The van der Waals surface area contributed by atoms with E-state index in [2.05, 4.69) is 5.16 Å². The minimum absolute atomic E-state index is 0.249. The van der Waals surface area contributed by atoms with E-state index in [1.54, 1.807) is 31.2 Å². The van der Waals surface area contributed by atoms with Crippen LogP contribution >= 0.6 is 11.6 Å². The van der Waals surface area contributed by atoms with Crippen molar-refractivity contribution >= 4 is 17.3 Å². The average Bonchev–Trinajstić information content (AvgIpc) is 2.20. The van der Waals surface area contributed by atoms with E-state index in [-0.39, 0.29) is 6.10 Å². The van der Waals surface area contributed by atoms with Gasteiger partial charge in [0.15, 0.2) is 0 Å². The molecule has 0 aliphatic carbocycles. The lowest BCUT2D eigenvalue weighted by Crippen LogP contribution is -2.21. The van der Waals surface area contributed by atoms with E-state index < -0.39 is 0 Å². The van der Waals surface area contributed by atoms with Crippen LogP contribution in [0.1, 0.15) is 13.8 Å². The largest absolute Gasteiger partial charge is 0.485 e. The summed E-state index contributed by atoms with van der Waals surface area (Å²) < 4.78 is 5.47. The molecule has 14 heavy (non-hydrogen) atoms. The van der Waals surface area contributed by atoms with Crippen LogP contribution in [0.4, 0.5) is 0 Å². The molecule has 3 nitrogen and oxygen atoms in total. The highest BCUT2D eigenvalue weighted by molar-refractivity contribution is 6.30. The first-order valence-electron chi connectivity index (χ1n) is 4.24. The molecule has 0 heterocycles. The van der Waals surface area contributed by atoms with Crippen LogP contribution in [0.25, 0.3) is 0 Å². The van der Waals surface area contributed by atoms with Gasteiger partial charge >= 0.3 is 0 Å². The summed E-state index contributed by atoms with van der Waals surface area (Å²) in [5.74, 6) is 0.699. The van der Waals surface area contributed by atoms with Crippen LogP contribution in [-0.4, -0.2) is 17.0 Å². The fraction of sp³-hybridized carbons (Fsp3) is 0.300. The molecule has 76 valence electrons. The molecule has 0 saturated carbocycles. The molecule has 0 radical (unpaired) electrons. The number of oxime groups is 1. The van der Waals surface area contributed by atoms with Gasteiger partial charge in [-0.3, -0.25) is 0 Å². The Kier molecular flexibility index (Phi) is 3.77. The topological polar surface area (TPSA) is 41.8 Å². The monoisotopic (exact) mass is 213 g/mol. The van der Waals surface area contributed by atoms with Crippen molar-refractivity contribution in [2.45, 2.75) is 20.0 Å². The molecule has 0 fully saturated rings. The molecule has 0 aliphatic heterocycles. The van der Waals surface area contributed by atoms with Gasteiger partial charge in [0.25, 0.3) is 0 Å². The molecule has 1 atom stereocenters. The van der Waals surface area contributed by atoms with Crippen molar-refractivity contribution in [3.05, 3.63) is 29.3 Å². The highest BCUT2D eigenvalue weighted by Crippen LogP contribution is 2.16. The number of nitrogens with zero attached hydrogens (tertiary/aromatic N) is 1. The van der Waals surface area contributed by atoms with Crippen LogP contribution in [0.5, 0.6) is 5.75 Å². The molecule has 0 amide bonds. The SMILES string of the molecule is C/C(=N/O)C(C)Oc1ccc(Cl)cc1. The van der Waals surface area contributed by atoms with Crippen LogP contribution in [0, 0.1) is 0 Å². The number of halogens is 1. The van der Waals surface area contributed by atoms with Gasteiger partial charge in [0.2, 0.25) is 0 Å². The molecule has 4 heteroatoms. The summed E-state index contributed by atoms with van der Waals surface area (Å²) >= 11 is 5.72. The van der Waals surface area contributed by atoms with Crippen LogP contribution < -0.4 is 4.74 Å². The van der Waals surface area contributed by atoms with Crippen molar-refractivity contribution < 1.29 is 9.94 Å². The molecule has 0 bridgehead atoms. The van der Waals surface area contributed by atoms with Crippen molar-refractivity contribution in [1.29, 1.82) is 0 Å². The molecule has 1 aromatic rings. The van der Waals surface area contributed by atoms with Crippen molar-refractivity contribution in [3.8, 4) is 5.75 Å². The second-order valence-corrected chi connectivity index (χ2v) is 3.39. The molecule has 1 aromatic carbocycles. The van der Waals surface area contributed by atoms with Crippen molar-refractivity contribution in [2.75, 3.05) is 0 Å². The molecule has 0 saturated heterocycles. The number of ether oxygens (including phenoxy) is 1. The minimum atomic E-state index is -0.249. The normalized spacial score (nSPS) is 13.8. The third kappa shape index (κ3) is 2.92. The van der Waals surface area contributed by atoms with E-state index in [4.69, 9.17) is 21.5 Å². The maximum absolute atomic E-state index is 8.51. The van der Waals surface area contributed by atoms with Gasteiger partial charge in [0.05, 0.1) is 5.71 Å². The number of hydrogen-bond acceptors (Lipinski definition) is 3. The van der Waals surface area contributed by atoms with E-state index in [0.29, 0.717) is 16.5 Å². The van der Waals surface area contributed by atoms with E-state index in [1.807, 2.05) is 6.92 Å². The summed E-state index contributed by atoms with van der Waals surface area (Å²) in [7, 11) is 0. The first-order chi connectivity index (χ1) is 6.63. The van der Waals surface area contributed by atoms with E-state index >= 15 is 0 Å². The summed E-state index contributed by atoms with van der Waals surface area (Å²) in [5.41, 5.74) is 0.528. The molecular formula is C10H12ClNO2. The average molecular weight is 214 g/mol. The predicted molar refractivity (Wildman–Crippen MR) is 56.4 cm³/mol. The van der Waals surface area contributed by atoms with Crippen LogP contribution in [-0.2, 0) is 0 Å². The molecule has 1 rings (SSSR count). The summed E-state index contributed by atoms with van der Waals surface area (Å²) in [6.07, 6.45) is -0.249. The van der Waals surface area contributed by atoms with Gasteiger partial charge in [0.1, 0.15) is 11.9 Å². The zero-order valence-corrected chi connectivity index (χ0v) is 8.82. The standard InChI is InChI=1S/C10H12ClNO2/c1-7(12-13)8(2)14-10-5-3-9(11)4-6-10/h3-6,8,13H,1-2H3/b12-7-. The smallest absolute Gasteiger partial charge is 0.137 e. The van der Waals surface area contributed by atoms with E-state index in [0.717, 1.165) is 0 Å². The Morgan fingerprint density at radius 3 is 2.50 bits per heavy atom. The number of hydrogen-bond donors (Lipinski definition) is 1. The van der Waals surface area contributed by atoms with Gasteiger partial charge in [-0.15, -0.1) is 0 Å². The Bertz CT molecular complexity index is 321. The predicted octanol–water partition coefficient (Wildman–Crippen LogP) is 2.96. The van der Waals surface area contributed by atoms with Gasteiger partial charge in [0, 0.05) is 5.02 Å². The lowest BCUT2D eigenvalue weighted by molar-refractivity contribution is 0.266. The zero-order chi connectivity index (χ0) is 10.6. The summed E-state index contributed by atoms with van der Waals surface area (Å²) in [6, 6.07) is 7.02. The Labute approximate surface area is 88.0 Å². The lowest BCUT2D eigenvalue weighted by atomic mass is 10.2. The Hall–Kier alpha value is -1.22. The first kappa shape index (κ1) is 10.9. The molecule has 0 spiro atoms. The summed E-state index contributed by atoms with van der Waals surface area (Å²) in [5, 5.41) is 12.2. The third-order valence-electron chi connectivity index (χ3n) is 1.87. The summed E-state index contributed by atoms with van der Waals surface area (Å²) in [4.78, 5) is 0. The number of rotatable bonds is 3. The van der Waals surface area contributed by atoms with Crippen LogP contribution in [0.15, 0.2) is 29.4 Å². The Morgan fingerprint density at radius 2 is 2.00 bits per heavy atom. The highest BCUT2D eigenvalue weighted by Gasteiger charge is 2.07. The first-order valence-corrected chi connectivity index (χ1v) is 4.62. The number of benzene rings is 1. The van der Waals surface area contributed by atoms with Crippen LogP contribution in [0.3, 0.4) is 0 Å². The summed E-state index contributed by atoms with van der Waals surface area (Å²) in [6.45, 7) is 3.50. The van der Waals surface area contributed by atoms with Gasteiger partial charge < -0.3 is 9.94 Å². The highest BCUT2D eigenvalue weighted by atomic mass is 35.5. The Balaban J connectivity index is 2.65. The van der Waals surface area contributed by atoms with E-state index in [9.17, 15) is 0 Å². The fourth-order valence-corrected chi connectivity index (χ4v) is 1.01. The van der Waals surface area contributed by atoms with Gasteiger partial charge in [-0.25, -0.2) is 0 Å². The lowest BCUT2D eigenvalue weighted by Gasteiger charge is -2.12. The molecule has 1 unspecified atom stereocenters. The Morgan fingerprint density at radius 1 is 1.43 bits per heavy atom. The maximum Gasteiger partial charge on any atom is 0.137 e. The van der Waals surface area contributed by atoms with E-state index in [1.165, 1.54) is 0 Å². The van der Waals surface area contributed by atoms with Gasteiger partial charge in [-0.1, -0.05) is 16.8 Å². The second kappa shape index (κ2) is 4.86. The third-order valence-corrected chi connectivity index (χ3v) is 2.12. The fourth-order valence-electron chi connectivity index (χ4n) is 0.884. The second-order valence-electron chi connectivity index (χ2n) is 2.96. The molecule has 1 N–H and O–H groups in total. The quantitative estimate of drug-likeness (QED) is 0.477. The molecule has 0 aromatic heterocycles. The van der Waals surface area contributed by atoms with Gasteiger partial charge in [-0.2, -0.15) is 0 Å². The minimum Gasteiger partial charge on any atom is -0.485 e. The zero-order valence-electron chi connectivity index (χ0n) is 8.07. The molecule has 0 aliphatic rings. The van der Waals surface area contributed by atoms with Gasteiger partial charge in [-0.05, 0) is 38.1 Å². The maximum atomic E-state index is 8.51.